The van der Waals surface area contributed by atoms with Gasteiger partial charge in [-0.05, 0) is 24.6 Å². The lowest BCUT2D eigenvalue weighted by atomic mass is 10.2. The number of amides is 2. The molecule has 0 spiro atoms. The molecule has 1 aromatic rings. The third-order valence-corrected chi connectivity index (χ3v) is 2.96. The fraction of sp³-hybridized carbons (Fsp3) is 0.385. The maximum atomic E-state index is 11.6. The molecule has 2 amide bonds. The number of rotatable bonds is 6. The summed E-state index contributed by atoms with van der Waals surface area (Å²) in [6.07, 6.45) is 2.20. The van der Waals surface area contributed by atoms with Crippen molar-refractivity contribution < 1.29 is 9.59 Å². The van der Waals surface area contributed by atoms with Crippen LogP contribution in [0.5, 0.6) is 0 Å². The highest BCUT2D eigenvalue weighted by atomic mass is 35.5. The Morgan fingerprint density at radius 2 is 1.95 bits per heavy atom. The molecular weight excluding hydrogens is 287 g/mol. The van der Waals surface area contributed by atoms with Gasteiger partial charge in [0, 0.05) is 11.4 Å². The zero-order valence-electron chi connectivity index (χ0n) is 10.6. The smallest absolute Gasteiger partial charge is 0.243 e. The number of anilines is 1. The molecule has 1 rings (SSSR count). The van der Waals surface area contributed by atoms with Gasteiger partial charge in [0.2, 0.25) is 11.8 Å². The number of hydrogen-bond donors (Lipinski definition) is 2. The normalized spacial score (nSPS) is 10.1. The van der Waals surface area contributed by atoms with E-state index >= 15 is 0 Å². The number of unbranched alkanes of at least 4 members (excludes halogenated alkanes) is 1. The van der Waals surface area contributed by atoms with Gasteiger partial charge < -0.3 is 10.6 Å². The van der Waals surface area contributed by atoms with Crippen LogP contribution in [0.1, 0.15) is 26.2 Å². The zero-order valence-corrected chi connectivity index (χ0v) is 12.1. The third kappa shape index (κ3) is 5.94. The van der Waals surface area contributed by atoms with Gasteiger partial charge in [-0.3, -0.25) is 9.59 Å². The van der Waals surface area contributed by atoms with E-state index in [-0.39, 0.29) is 18.4 Å². The second-order valence-electron chi connectivity index (χ2n) is 4.05. The SMILES string of the molecule is CCCCC(=O)NCC(=O)Nc1ccc(Cl)cc1Cl. The van der Waals surface area contributed by atoms with Crippen LogP contribution in [0.25, 0.3) is 0 Å². The molecule has 2 N–H and O–H groups in total. The molecule has 0 bridgehead atoms. The summed E-state index contributed by atoms with van der Waals surface area (Å²) in [5, 5.41) is 6.01. The van der Waals surface area contributed by atoms with Crippen LogP contribution < -0.4 is 10.6 Å². The Kier molecular flexibility index (Phi) is 6.67. The number of halogens is 2. The quantitative estimate of drug-likeness (QED) is 0.847. The Hall–Kier alpha value is -1.26. The fourth-order valence-corrected chi connectivity index (χ4v) is 1.85. The van der Waals surface area contributed by atoms with E-state index < -0.39 is 0 Å². The van der Waals surface area contributed by atoms with Crippen molar-refractivity contribution in [3.63, 3.8) is 0 Å². The Morgan fingerprint density at radius 1 is 1.21 bits per heavy atom. The minimum atomic E-state index is -0.325. The number of nitrogens with one attached hydrogen (secondary N) is 2. The monoisotopic (exact) mass is 302 g/mol. The summed E-state index contributed by atoms with van der Waals surface area (Å²) in [5.74, 6) is -0.451. The second kappa shape index (κ2) is 8.02. The van der Waals surface area contributed by atoms with E-state index in [9.17, 15) is 9.59 Å². The van der Waals surface area contributed by atoms with Crippen molar-refractivity contribution in [2.75, 3.05) is 11.9 Å². The van der Waals surface area contributed by atoms with Crippen LogP contribution >= 0.6 is 23.2 Å². The number of hydrogen-bond acceptors (Lipinski definition) is 2. The predicted molar refractivity (Wildman–Crippen MR) is 77.6 cm³/mol. The molecule has 0 aromatic heterocycles. The standard InChI is InChI=1S/C13H16Cl2N2O2/c1-2-3-4-12(18)16-8-13(19)17-11-6-5-9(14)7-10(11)15/h5-7H,2-4,8H2,1H3,(H,16,18)(H,17,19). The molecule has 1 aromatic carbocycles. The Morgan fingerprint density at radius 3 is 2.58 bits per heavy atom. The first-order valence-electron chi connectivity index (χ1n) is 6.04. The molecule has 0 aliphatic rings. The van der Waals surface area contributed by atoms with Gasteiger partial charge >= 0.3 is 0 Å². The van der Waals surface area contributed by atoms with Crippen molar-refractivity contribution in [1.82, 2.24) is 5.32 Å². The van der Waals surface area contributed by atoms with Crippen LogP contribution in [0, 0.1) is 0 Å². The topological polar surface area (TPSA) is 58.2 Å². The van der Waals surface area contributed by atoms with Crippen molar-refractivity contribution in [3.8, 4) is 0 Å². The molecule has 0 fully saturated rings. The van der Waals surface area contributed by atoms with Gasteiger partial charge in [-0.1, -0.05) is 36.5 Å². The molecule has 0 saturated heterocycles. The molecule has 0 aliphatic carbocycles. The van der Waals surface area contributed by atoms with E-state index in [0.717, 1.165) is 12.8 Å². The van der Waals surface area contributed by atoms with E-state index in [1.54, 1.807) is 18.2 Å². The summed E-state index contributed by atoms with van der Waals surface area (Å²) >= 11 is 11.7. The molecule has 6 heteroatoms. The molecule has 0 saturated carbocycles. The minimum Gasteiger partial charge on any atom is -0.347 e. The molecule has 0 atom stereocenters. The number of benzene rings is 1. The van der Waals surface area contributed by atoms with Gasteiger partial charge in [0.25, 0.3) is 0 Å². The Bertz CT molecular complexity index is 464. The van der Waals surface area contributed by atoms with Crippen LogP contribution in [0.15, 0.2) is 18.2 Å². The van der Waals surface area contributed by atoms with E-state index in [2.05, 4.69) is 10.6 Å². The fourth-order valence-electron chi connectivity index (χ4n) is 1.39. The summed E-state index contributed by atoms with van der Waals surface area (Å²) in [5.41, 5.74) is 0.471. The second-order valence-corrected chi connectivity index (χ2v) is 4.90. The van der Waals surface area contributed by atoms with Crippen LogP contribution in [0.2, 0.25) is 10.0 Å². The van der Waals surface area contributed by atoms with Gasteiger partial charge in [0.05, 0.1) is 17.3 Å². The maximum absolute atomic E-state index is 11.6. The molecule has 104 valence electrons. The van der Waals surface area contributed by atoms with E-state index in [1.165, 1.54) is 0 Å². The highest BCUT2D eigenvalue weighted by Crippen LogP contribution is 2.25. The molecule has 4 nitrogen and oxygen atoms in total. The van der Waals surface area contributed by atoms with Crippen LogP contribution in [0.4, 0.5) is 5.69 Å². The van der Waals surface area contributed by atoms with Crippen LogP contribution in [-0.4, -0.2) is 18.4 Å². The van der Waals surface area contributed by atoms with Crippen molar-refractivity contribution >= 4 is 40.7 Å². The minimum absolute atomic E-state index is 0.0680. The summed E-state index contributed by atoms with van der Waals surface area (Å²) in [4.78, 5) is 22.9. The van der Waals surface area contributed by atoms with Crippen LogP contribution in [-0.2, 0) is 9.59 Å². The number of carbonyl (C=O) groups excluding carboxylic acids is 2. The van der Waals surface area contributed by atoms with Gasteiger partial charge in [0.1, 0.15) is 0 Å². The van der Waals surface area contributed by atoms with E-state index in [1.807, 2.05) is 6.92 Å². The summed E-state index contributed by atoms with van der Waals surface area (Å²) < 4.78 is 0. The lowest BCUT2D eigenvalue weighted by Crippen LogP contribution is -2.32. The van der Waals surface area contributed by atoms with Crippen molar-refractivity contribution in [3.05, 3.63) is 28.2 Å². The molecule has 0 aliphatic heterocycles. The molecule has 19 heavy (non-hydrogen) atoms. The maximum Gasteiger partial charge on any atom is 0.243 e. The summed E-state index contributed by atoms with van der Waals surface area (Å²) in [6, 6.07) is 4.78. The first-order chi connectivity index (χ1) is 9.02. The van der Waals surface area contributed by atoms with Gasteiger partial charge in [-0.15, -0.1) is 0 Å². The highest BCUT2D eigenvalue weighted by Gasteiger charge is 2.08. The summed E-state index contributed by atoms with van der Waals surface area (Å²) in [7, 11) is 0. The van der Waals surface area contributed by atoms with Crippen molar-refractivity contribution in [2.45, 2.75) is 26.2 Å². The lowest BCUT2D eigenvalue weighted by molar-refractivity contribution is -0.124. The zero-order chi connectivity index (χ0) is 14.3. The first-order valence-corrected chi connectivity index (χ1v) is 6.80. The summed E-state index contributed by atoms with van der Waals surface area (Å²) in [6.45, 7) is 1.93. The largest absolute Gasteiger partial charge is 0.347 e. The molecule has 0 unspecified atom stereocenters. The van der Waals surface area contributed by atoms with Gasteiger partial charge in [-0.25, -0.2) is 0 Å². The predicted octanol–water partition coefficient (Wildman–Crippen LogP) is 3.24. The van der Waals surface area contributed by atoms with E-state index in [4.69, 9.17) is 23.2 Å². The van der Waals surface area contributed by atoms with Gasteiger partial charge in [-0.2, -0.15) is 0 Å². The van der Waals surface area contributed by atoms with Gasteiger partial charge in [0.15, 0.2) is 0 Å². The lowest BCUT2D eigenvalue weighted by Gasteiger charge is -2.08. The average molecular weight is 303 g/mol. The molecule has 0 radical (unpaired) electrons. The average Bonchev–Trinajstić information content (AvgIpc) is 2.37. The molecular formula is C13H16Cl2N2O2. The first kappa shape index (κ1) is 15.8. The number of carbonyl (C=O) groups is 2. The van der Waals surface area contributed by atoms with E-state index in [0.29, 0.717) is 22.2 Å². The highest BCUT2D eigenvalue weighted by molar-refractivity contribution is 6.36. The van der Waals surface area contributed by atoms with Crippen molar-refractivity contribution in [2.24, 2.45) is 0 Å². The Labute approximate surface area is 122 Å². The third-order valence-electron chi connectivity index (χ3n) is 2.41. The van der Waals surface area contributed by atoms with Crippen molar-refractivity contribution in [1.29, 1.82) is 0 Å². The molecule has 0 heterocycles. The Balaban J connectivity index is 2.41. The van der Waals surface area contributed by atoms with Crippen LogP contribution in [0.3, 0.4) is 0 Å².